The summed E-state index contributed by atoms with van der Waals surface area (Å²) < 4.78 is 0. The molecular formula is C16H18N2O3. The number of amides is 2. The van der Waals surface area contributed by atoms with E-state index in [0.29, 0.717) is 6.54 Å². The zero-order valence-corrected chi connectivity index (χ0v) is 12.1. The van der Waals surface area contributed by atoms with Gasteiger partial charge in [-0.15, -0.1) is 0 Å². The number of fused-ring (bicyclic) bond motifs is 1. The monoisotopic (exact) mass is 286 g/mol. The van der Waals surface area contributed by atoms with Crippen molar-refractivity contribution in [2.45, 2.75) is 6.92 Å². The largest absolute Gasteiger partial charge is 0.507 e. The maximum atomic E-state index is 12.5. The van der Waals surface area contributed by atoms with Gasteiger partial charge < -0.3 is 15.3 Å². The van der Waals surface area contributed by atoms with E-state index in [0.717, 1.165) is 10.8 Å². The average molecular weight is 286 g/mol. The quantitative estimate of drug-likeness (QED) is 0.899. The minimum absolute atomic E-state index is 0.0297. The number of hydrogen-bond acceptors (Lipinski definition) is 3. The van der Waals surface area contributed by atoms with Gasteiger partial charge in [0.2, 0.25) is 5.91 Å². The molecule has 2 aromatic carbocycles. The number of benzene rings is 2. The summed E-state index contributed by atoms with van der Waals surface area (Å²) >= 11 is 0. The first-order valence-electron chi connectivity index (χ1n) is 6.78. The SMILES string of the molecule is CCN(CC(=O)NC)C(=O)c1cc2ccccc2cc1O. The second kappa shape index (κ2) is 6.26. The van der Waals surface area contributed by atoms with E-state index >= 15 is 0 Å². The minimum Gasteiger partial charge on any atom is -0.507 e. The molecule has 5 heteroatoms. The maximum Gasteiger partial charge on any atom is 0.258 e. The number of carbonyl (C=O) groups is 2. The summed E-state index contributed by atoms with van der Waals surface area (Å²) in [5.41, 5.74) is 0.208. The first kappa shape index (κ1) is 14.8. The second-order valence-corrected chi connectivity index (χ2v) is 4.71. The van der Waals surface area contributed by atoms with Crippen LogP contribution in [0, 0.1) is 0 Å². The number of rotatable bonds is 4. The Bertz CT molecular complexity index is 682. The molecule has 0 aliphatic heterocycles. The minimum atomic E-state index is -0.357. The van der Waals surface area contributed by atoms with Crippen LogP contribution < -0.4 is 5.32 Å². The number of phenolic OH excluding ortho intramolecular Hbond substituents is 1. The van der Waals surface area contributed by atoms with Crippen molar-refractivity contribution in [2.24, 2.45) is 0 Å². The zero-order chi connectivity index (χ0) is 15.4. The van der Waals surface area contributed by atoms with Crippen molar-refractivity contribution in [3.8, 4) is 5.75 Å². The first-order valence-corrected chi connectivity index (χ1v) is 6.78. The van der Waals surface area contributed by atoms with E-state index < -0.39 is 0 Å². The summed E-state index contributed by atoms with van der Waals surface area (Å²) in [6.45, 7) is 2.15. The van der Waals surface area contributed by atoms with Crippen LogP contribution in [0.5, 0.6) is 5.75 Å². The molecule has 0 aromatic heterocycles. The van der Waals surface area contributed by atoms with Crippen LogP contribution in [0.2, 0.25) is 0 Å². The van der Waals surface area contributed by atoms with Crippen LogP contribution in [0.15, 0.2) is 36.4 Å². The van der Waals surface area contributed by atoms with Gasteiger partial charge in [0.25, 0.3) is 5.91 Å². The van der Waals surface area contributed by atoms with Crippen LogP contribution in [0.3, 0.4) is 0 Å². The number of hydrogen-bond donors (Lipinski definition) is 2. The molecule has 0 aliphatic carbocycles. The highest BCUT2D eigenvalue weighted by atomic mass is 16.3. The normalized spacial score (nSPS) is 10.4. The van der Waals surface area contributed by atoms with E-state index in [4.69, 9.17) is 0 Å². The third-order valence-electron chi connectivity index (χ3n) is 3.38. The second-order valence-electron chi connectivity index (χ2n) is 4.71. The summed E-state index contributed by atoms with van der Waals surface area (Å²) in [5.74, 6) is -0.677. The number of nitrogens with zero attached hydrogens (tertiary/aromatic N) is 1. The van der Waals surface area contributed by atoms with Crippen molar-refractivity contribution >= 4 is 22.6 Å². The Balaban J connectivity index is 2.37. The van der Waals surface area contributed by atoms with Gasteiger partial charge in [-0.05, 0) is 29.8 Å². The number of phenols is 1. The third kappa shape index (κ3) is 3.13. The van der Waals surface area contributed by atoms with Crippen LogP contribution in [-0.2, 0) is 4.79 Å². The van der Waals surface area contributed by atoms with Crippen LogP contribution in [0.4, 0.5) is 0 Å². The molecule has 0 saturated heterocycles. The number of likely N-dealkylation sites (N-methyl/N-ethyl adjacent to an activating group) is 2. The molecular weight excluding hydrogens is 268 g/mol. The Labute approximate surface area is 123 Å². The lowest BCUT2D eigenvalue weighted by Crippen LogP contribution is -2.39. The van der Waals surface area contributed by atoms with Crippen molar-refractivity contribution in [3.63, 3.8) is 0 Å². The molecule has 0 atom stereocenters. The number of nitrogens with one attached hydrogen (secondary N) is 1. The van der Waals surface area contributed by atoms with Crippen molar-refractivity contribution in [3.05, 3.63) is 42.0 Å². The predicted octanol–water partition coefficient (Wildman–Crippen LogP) is 1.75. The molecule has 2 amide bonds. The topological polar surface area (TPSA) is 69.6 Å². The molecule has 0 aliphatic rings. The molecule has 0 heterocycles. The van der Waals surface area contributed by atoms with Gasteiger partial charge in [0.15, 0.2) is 0 Å². The van der Waals surface area contributed by atoms with E-state index in [1.165, 1.54) is 11.9 Å². The molecule has 0 bridgehead atoms. The summed E-state index contributed by atoms with van der Waals surface area (Å²) in [4.78, 5) is 25.3. The molecule has 2 aromatic rings. The Hall–Kier alpha value is -2.56. The molecule has 5 nitrogen and oxygen atoms in total. The van der Waals surface area contributed by atoms with Gasteiger partial charge in [-0.1, -0.05) is 24.3 Å². The lowest BCUT2D eigenvalue weighted by Gasteiger charge is -2.20. The lowest BCUT2D eigenvalue weighted by molar-refractivity contribution is -0.121. The van der Waals surface area contributed by atoms with E-state index in [2.05, 4.69) is 5.32 Å². The van der Waals surface area contributed by atoms with Gasteiger partial charge in [-0.2, -0.15) is 0 Å². The molecule has 0 spiro atoms. The van der Waals surface area contributed by atoms with Crippen LogP contribution >= 0.6 is 0 Å². The van der Waals surface area contributed by atoms with E-state index in [1.807, 2.05) is 24.3 Å². The van der Waals surface area contributed by atoms with Crippen LogP contribution in [-0.4, -0.2) is 42.0 Å². The van der Waals surface area contributed by atoms with Crippen molar-refractivity contribution in [1.82, 2.24) is 10.2 Å². The fourth-order valence-electron chi connectivity index (χ4n) is 2.15. The number of carbonyl (C=O) groups excluding carboxylic acids is 2. The Kier molecular flexibility index (Phi) is 4.42. The summed E-state index contributed by atoms with van der Waals surface area (Å²) in [5, 5.41) is 14.3. The van der Waals surface area contributed by atoms with Gasteiger partial charge in [0.1, 0.15) is 5.75 Å². The smallest absolute Gasteiger partial charge is 0.258 e. The summed E-state index contributed by atoms with van der Waals surface area (Å²) in [6, 6.07) is 10.7. The highest BCUT2D eigenvalue weighted by Crippen LogP contribution is 2.26. The fraction of sp³-hybridized carbons (Fsp3) is 0.250. The molecule has 2 N–H and O–H groups in total. The Morgan fingerprint density at radius 3 is 2.38 bits per heavy atom. The maximum absolute atomic E-state index is 12.5. The predicted molar refractivity (Wildman–Crippen MR) is 81.3 cm³/mol. The molecule has 0 radical (unpaired) electrons. The molecule has 110 valence electrons. The molecule has 0 unspecified atom stereocenters. The van der Waals surface area contributed by atoms with E-state index in [-0.39, 0.29) is 29.7 Å². The summed E-state index contributed by atoms with van der Waals surface area (Å²) in [7, 11) is 1.52. The Morgan fingerprint density at radius 1 is 1.19 bits per heavy atom. The van der Waals surface area contributed by atoms with Crippen LogP contribution in [0.1, 0.15) is 17.3 Å². The van der Waals surface area contributed by atoms with Gasteiger partial charge in [0, 0.05) is 13.6 Å². The molecule has 2 rings (SSSR count). The highest BCUT2D eigenvalue weighted by Gasteiger charge is 2.20. The van der Waals surface area contributed by atoms with Crippen molar-refractivity contribution < 1.29 is 14.7 Å². The molecule has 0 fully saturated rings. The van der Waals surface area contributed by atoms with E-state index in [9.17, 15) is 14.7 Å². The summed E-state index contributed by atoms with van der Waals surface area (Å²) in [6.07, 6.45) is 0. The van der Waals surface area contributed by atoms with Gasteiger partial charge in [-0.3, -0.25) is 9.59 Å². The first-order chi connectivity index (χ1) is 10.1. The van der Waals surface area contributed by atoms with Crippen molar-refractivity contribution in [2.75, 3.05) is 20.1 Å². The highest BCUT2D eigenvalue weighted by molar-refractivity contribution is 6.02. The zero-order valence-electron chi connectivity index (χ0n) is 12.1. The number of aromatic hydroxyl groups is 1. The van der Waals surface area contributed by atoms with Crippen LogP contribution in [0.25, 0.3) is 10.8 Å². The lowest BCUT2D eigenvalue weighted by atomic mass is 10.0. The standard InChI is InChI=1S/C16H18N2O3/c1-3-18(10-15(20)17-2)16(21)13-8-11-6-4-5-7-12(11)9-14(13)19/h4-9,19H,3,10H2,1-2H3,(H,17,20). The van der Waals surface area contributed by atoms with Gasteiger partial charge in [0.05, 0.1) is 12.1 Å². The third-order valence-corrected chi connectivity index (χ3v) is 3.38. The molecule has 21 heavy (non-hydrogen) atoms. The Morgan fingerprint density at radius 2 is 1.81 bits per heavy atom. The van der Waals surface area contributed by atoms with Gasteiger partial charge >= 0.3 is 0 Å². The van der Waals surface area contributed by atoms with Crippen molar-refractivity contribution in [1.29, 1.82) is 0 Å². The van der Waals surface area contributed by atoms with E-state index in [1.54, 1.807) is 19.1 Å². The fourth-order valence-corrected chi connectivity index (χ4v) is 2.15. The average Bonchev–Trinajstić information content (AvgIpc) is 2.50. The molecule has 0 saturated carbocycles. The van der Waals surface area contributed by atoms with Gasteiger partial charge in [-0.25, -0.2) is 0 Å².